The van der Waals surface area contributed by atoms with Gasteiger partial charge in [0.2, 0.25) is 0 Å². The number of fused-ring (bicyclic) bond motifs is 1. The quantitative estimate of drug-likeness (QED) is 0.310. The monoisotopic (exact) mass is 426 g/mol. The molecular formula is C24H26O2Se. The Morgan fingerprint density at radius 1 is 0.963 bits per heavy atom. The van der Waals surface area contributed by atoms with Crippen molar-refractivity contribution in [3.63, 3.8) is 0 Å². The number of carbonyl (C=O) groups is 1. The summed E-state index contributed by atoms with van der Waals surface area (Å²) in [5.41, 5.74) is 4.41. The van der Waals surface area contributed by atoms with Gasteiger partial charge in [0, 0.05) is 0 Å². The average Bonchev–Trinajstić information content (AvgIpc) is 2.60. The average molecular weight is 425 g/mol. The Morgan fingerprint density at radius 2 is 1.59 bits per heavy atom. The molecular weight excluding hydrogens is 399 g/mol. The van der Waals surface area contributed by atoms with E-state index >= 15 is 0 Å². The number of carbonyl (C=O) groups excluding carboxylic acids is 1. The second kappa shape index (κ2) is 7.55. The van der Waals surface area contributed by atoms with Crippen molar-refractivity contribution in [2.75, 3.05) is 0 Å². The summed E-state index contributed by atoms with van der Waals surface area (Å²) in [5, 5.41) is 0. The van der Waals surface area contributed by atoms with Gasteiger partial charge in [-0.05, 0) is 0 Å². The van der Waals surface area contributed by atoms with E-state index in [1.807, 2.05) is 12.1 Å². The zero-order valence-electron chi connectivity index (χ0n) is 16.7. The van der Waals surface area contributed by atoms with Crippen molar-refractivity contribution in [1.82, 2.24) is 0 Å². The summed E-state index contributed by atoms with van der Waals surface area (Å²) in [5.74, 6) is 3.47. The normalized spacial score (nSPS) is 16.6. The first-order valence-corrected chi connectivity index (χ1v) is 11.0. The summed E-state index contributed by atoms with van der Waals surface area (Å²) in [6, 6.07) is 14.3. The molecule has 140 valence electrons. The molecule has 1 aliphatic rings. The van der Waals surface area contributed by atoms with Gasteiger partial charge in [0.1, 0.15) is 0 Å². The van der Waals surface area contributed by atoms with Crippen LogP contribution in [-0.2, 0) is 15.6 Å². The summed E-state index contributed by atoms with van der Waals surface area (Å²) in [6.45, 7) is 10.8. The minimum atomic E-state index is -0.310. The van der Waals surface area contributed by atoms with Crippen molar-refractivity contribution >= 4 is 25.4 Å². The molecule has 0 saturated carbocycles. The van der Waals surface area contributed by atoms with Crippen molar-refractivity contribution in [1.29, 1.82) is 0 Å². The zero-order valence-corrected chi connectivity index (χ0v) is 18.4. The molecule has 2 aromatic carbocycles. The van der Waals surface area contributed by atoms with Crippen molar-refractivity contribution in [2.24, 2.45) is 0 Å². The van der Waals surface area contributed by atoms with Gasteiger partial charge in [-0.3, -0.25) is 0 Å². The Morgan fingerprint density at radius 3 is 2.22 bits per heavy atom. The third kappa shape index (κ3) is 4.64. The van der Waals surface area contributed by atoms with Gasteiger partial charge in [0.15, 0.2) is 0 Å². The summed E-state index contributed by atoms with van der Waals surface area (Å²) < 4.78 is 6.38. The van der Waals surface area contributed by atoms with Crippen LogP contribution >= 0.6 is 0 Å². The standard InChI is InChI=1S/C24H26O2Se/c1-17(25)26-19-8-6-18(7-9-19)12-15-27-20-10-11-21-22(16-20)24(4,5)14-13-23(21,2)3/h6-11,16H,13-14H2,1-5H3. The predicted octanol–water partition coefficient (Wildman–Crippen LogP) is 4.30. The van der Waals surface area contributed by atoms with Crippen LogP contribution in [0.1, 0.15) is 64.2 Å². The Bertz CT molecular complexity index is 912. The molecule has 3 heteroatoms. The van der Waals surface area contributed by atoms with Gasteiger partial charge in [-0.1, -0.05) is 0 Å². The first kappa shape index (κ1) is 19.7. The van der Waals surface area contributed by atoms with Gasteiger partial charge in [-0.25, -0.2) is 0 Å². The van der Waals surface area contributed by atoms with Gasteiger partial charge in [0.05, 0.1) is 0 Å². The number of ether oxygens (including phenoxy) is 1. The van der Waals surface area contributed by atoms with Crippen molar-refractivity contribution in [2.45, 2.75) is 58.3 Å². The first-order valence-electron chi connectivity index (χ1n) is 9.29. The van der Waals surface area contributed by atoms with E-state index in [1.54, 1.807) is 12.1 Å². The fourth-order valence-electron chi connectivity index (χ4n) is 3.55. The van der Waals surface area contributed by atoms with Crippen molar-refractivity contribution in [3.05, 3.63) is 59.2 Å². The Labute approximate surface area is 168 Å². The van der Waals surface area contributed by atoms with E-state index in [9.17, 15) is 4.79 Å². The third-order valence-electron chi connectivity index (χ3n) is 5.30. The summed E-state index contributed by atoms with van der Waals surface area (Å²) in [4.78, 5) is 14.3. The van der Waals surface area contributed by atoms with E-state index in [-0.39, 0.29) is 31.8 Å². The van der Waals surface area contributed by atoms with Crippen LogP contribution in [0.5, 0.6) is 5.75 Å². The molecule has 2 nitrogen and oxygen atoms in total. The molecule has 0 aromatic heterocycles. The molecule has 0 radical (unpaired) electrons. The van der Waals surface area contributed by atoms with E-state index in [0.29, 0.717) is 5.75 Å². The van der Waals surface area contributed by atoms with Gasteiger partial charge in [-0.2, -0.15) is 0 Å². The SMILES string of the molecule is CC(=O)Oc1ccc(C#C[Se]c2ccc3c(c2)C(C)(C)CCC3(C)C)cc1. The van der Waals surface area contributed by atoms with Crippen LogP contribution in [0.4, 0.5) is 0 Å². The van der Waals surface area contributed by atoms with Crippen LogP contribution in [0.3, 0.4) is 0 Å². The van der Waals surface area contributed by atoms with Gasteiger partial charge >= 0.3 is 169 Å². The Kier molecular flexibility index (Phi) is 5.52. The van der Waals surface area contributed by atoms with E-state index in [0.717, 1.165) is 5.56 Å². The number of esters is 1. The molecule has 0 bridgehead atoms. The molecule has 0 unspecified atom stereocenters. The number of hydrogen-bond donors (Lipinski definition) is 0. The summed E-state index contributed by atoms with van der Waals surface area (Å²) in [6.07, 6.45) is 2.46. The zero-order chi connectivity index (χ0) is 19.7. The van der Waals surface area contributed by atoms with E-state index in [1.165, 1.54) is 35.4 Å². The van der Waals surface area contributed by atoms with Gasteiger partial charge in [0.25, 0.3) is 0 Å². The van der Waals surface area contributed by atoms with Gasteiger partial charge in [-0.15, -0.1) is 0 Å². The topological polar surface area (TPSA) is 26.3 Å². The number of benzene rings is 2. The molecule has 0 spiro atoms. The number of hydrogen-bond acceptors (Lipinski definition) is 2. The molecule has 1 aliphatic carbocycles. The van der Waals surface area contributed by atoms with Gasteiger partial charge < -0.3 is 0 Å². The molecule has 0 fully saturated rings. The van der Waals surface area contributed by atoms with Crippen LogP contribution in [-0.4, -0.2) is 20.9 Å². The second-order valence-electron chi connectivity index (χ2n) is 8.42. The molecule has 0 heterocycles. The van der Waals surface area contributed by atoms with Crippen molar-refractivity contribution < 1.29 is 9.53 Å². The first-order chi connectivity index (χ1) is 12.7. The maximum atomic E-state index is 11.0. The van der Waals surface area contributed by atoms with E-state index in [2.05, 4.69) is 56.6 Å². The molecule has 0 saturated heterocycles. The fourth-order valence-corrected chi connectivity index (χ4v) is 4.80. The molecule has 2 aromatic rings. The van der Waals surface area contributed by atoms with Crippen LogP contribution in [0.2, 0.25) is 0 Å². The van der Waals surface area contributed by atoms with Crippen LogP contribution < -0.4 is 9.20 Å². The molecule has 0 atom stereocenters. The van der Waals surface area contributed by atoms with Crippen LogP contribution in [0.15, 0.2) is 42.5 Å². The third-order valence-corrected chi connectivity index (χ3v) is 6.76. The number of rotatable bonds is 2. The molecule has 27 heavy (non-hydrogen) atoms. The fraction of sp³-hybridized carbons (Fsp3) is 0.375. The van der Waals surface area contributed by atoms with Crippen LogP contribution in [0.25, 0.3) is 0 Å². The van der Waals surface area contributed by atoms with Crippen LogP contribution in [0, 0.1) is 10.7 Å². The minimum absolute atomic E-state index is 0.112. The Hall–Kier alpha value is -2.01. The molecule has 0 aliphatic heterocycles. The van der Waals surface area contributed by atoms with Crippen molar-refractivity contribution in [3.8, 4) is 16.5 Å². The van der Waals surface area contributed by atoms with E-state index < -0.39 is 0 Å². The maximum absolute atomic E-state index is 11.0. The van der Waals surface area contributed by atoms with E-state index in [4.69, 9.17) is 4.74 Å². The summed E-state index contributed by atoms with van der Waals surface area (Å²) in [7, 11) is 0. The predicted molar refractivity (Wildman–Crippen MR) is 112 cm³/mol. The summed E-state index contributed by atoms with van der Waals surface area (Å²) >= 11 is 0.112. The molecule has 0 N–H and O–H groups in total. The molecule has 0 amide bonds. The molecule has 3 rings (SSSR count). The second-order valence-corrected chi connectivity index (χ2v) is 10.3. The Balaban J connectivity index is 1.76.